The lowest BCUT2D eigenvalue weighted by Crippen LogP contribution is -2.45. The predicted octanol–water partition coefficient (Wildman–Crippen LogP) is 2.37. The number of halogens is 1. The molecule has 0 saturated heterocycles. The van der Waals surface area contributed by atoms with E-state index in [1.807, 2.05) is 13.8 Å². The van der Waals surface area contributed by atoms with Crippen LogP contribution in [0.5, 0.6) is 0 Å². The maximum Gasteiger partial charge on any atom is 0.201 e. The first-order chi connectivity index (χ1) is 7.44. The van der Waals surface area contributed by atoms with Gasteiger partial charge in [0.25, 0.3) is 0 Å². The number of carbonyl (C=O) groups excluding carboxylic acids is 1. The molecule has 0 radical (unpaired) electrons. The van der Waals surface area contributed by atoms with Crippen LogP contribution in [0.25, 0.3) is 0 Å². The third-order valence-electron chi connectivity index (χ3n) is 2.70. The maximum absolute atomic E-state index is 12.3. The first-order valence-electron chi connectivity index (χ1n) is 5.49. The molecule has 0 bridgehead atoms. The summed E-state index contributed by atoms with van der Waals surface area (Å²) in [5, 5.41) is 4.17. The van der Waals surface area contributed by atoms with Gasteiger partial charge in [-0.15, -0.1) is 0 Å². The number of aryl methyl sites for hydroxylation is 1. The molecule has 1 aromatic heterocycles. The second-order valence-corrected chi connectivity index (χ2v) is 5.02. The number of ketones is 1. The monoisotopic (exact) mass is 287 g/mol. The average Bonchev–Trinajstić information content (AvgIpc) is 2.59. The van der Waals surface area contributed by atoms with Crippen molar-refractivity contribution in [2.75, 3.05) is 0 Å². The Morgan fingerprint density at radius 2 is 2.25 bits per heavy atom. The van der Waals surface area contributed by atoms with Gasteiger partial charge in [-0.1, -0.05) is 13.8 Å². The molecule has 1 aromatic rings. The van der Waals surface area contributed by atoms with Crippen molar-refractivity contribution < 1.29 is 4.79 Å². The van der Waals surface area contributed by atoms with Gasteiger partial charge in [-0.2, -0.15) is 5.10 Å². The number of hydrogen-bond acceptors (Lipinski definition) is 3. The largest absolute Gasteiger partial charge is 0.319 e. The lowest BCUT2D eigenvalue weighted by Gasteiger charge is -2.21. The summed E-state index contributed by atoms with van der Waals surface area (Å²) in [5.41, 5.74) is 5.73. The van der Waals surface area contributed by atoms with Gasteiger partial charge >= 0.3 is 0 Å². The summed E-state index contributed by atoms with van der Waals surface area (Å²) < 4.78 is 2.43. The first-order valence-corrected chi connectivity index (χ1v) is 6.28. The molecule has 0 saturated carbocycles. The van der Waals surface area contributed by atoms with Gasteiger partial charge in [0.05, 0.1) is 16.2 Å². The smallest absolute Gasteiger partial charge is 0.201 e. The van der Waals surface area contributed by atoms with E-state index < -0.39 is 5.54 Å². The SMILES string of the molecule is CCCn1ncc(Br)c1C(=O)C(C)(N)CC. The van der Waals surface area contributed by atoms with Crippen molar-refractivity contribution in [3.05, 3.63) is 16.4 Å². The summed E-state index contributed by atoms with van der Waals surface area (Å²) in [6, 6.07) is 0. The van der Waals surface area contributed by atoms with E-state index in [1.165, 1.54) is 0 Å². The van der Waals surface area contributed by atoms with E-state index in [9.17, 15) is 4.79 Å². The van der Waals surface area contributed by atoms with Crippen molar-refractivity contribution in [2.24, 2.45) is 5.73 Å². The molecule has 0 aromatic carbocycles. The summed E-state index contributed by atoms with van der Waals surface area (Å²) in [5.74, 6) is -0.0622. The van der Waals surface area contributed by atoms with Crippen molar-refractivity contribution in [2.45, 2.75) is 45.7 Å². The number of nitrogens with two attached hydrogens (primary N) is 1. The van der Waals surface area contributed by atoms with Gasteiger partial charge < -0.3 is 5.73 Å². The molecule has 4 nitrogen and oxygen atoms in total. The molecule has 0 aliphatic rings. The van der Waals surface area contributed by atoms with Crippen molar-refractivity contribution in [1.82, 2.24) is 9.78 Å². The number of rotatable bonds is 5. The van der Waals surface area contributed by atoms with Gasteiger partial charge in [0, 0.05) is 6.54 Å². The normalized spacial score (nSPS) is 14.8. The molecule has 2 N–H and O–H groups in total. The van der Waals surface area contributed by atoms with Crippen LogP contribution in [0.15, 0.2) is 10.7 Å². The van der Waals surface area contributed by atoms with Gasteiger partial charge in [0.2, 0.25) is 5.78 Å². The Kier molecular flexibility index (Phi) is 4.27. The van der Waals surface area contributed by atoms with Crippen molar-refractivity contribution >= 4 is 21.7 Å². The number of hydrogen-bond donors (Lipinski definition) is 1. The van der Waals surface area contributed by atoms with E-state index in [2.05, 4.69) is 21.0 Å². The van der Waals surface area contributed by atoms with Gasteiger partial charge in [-0.25, -0.2) is 0 Å². The Hall–Kier alpha value is -0.680. The van der Waals surface area contributed by atoms with Gasteiger partial charge in [-0.05, 0) is 35.7 Å². The summed E-state index contributed by atoms with van der Waals surface area (Å²) >= 11 is 3.35. The van der Waals surface area contributed by atoms with Crippen LogP contribution in [-0.4, -0.2) is 21.1 Å². The van der Waals surface area contributed by atoms with Crippen molar-refractivity contribution in [1.29, 1.82) is 0 Å². The summed E-state index contributed by atoms with van der Waals surface area (Å²) in [4.78, 5) is 12.3. The highest BCUT2D eigenvalue weighted by atomic mass is 79.9. The van der Waals surface area contributed by atoms with Crippen LogP contribution in [0.3, 0.4) is 0 Å². The fourth-order valence-corrected chi connectivity index (χ4v) is 1.88. The molecule has 16 heavy (non-hydrogen) atoms. The molecule has 0 aliphatic heterocycles. The Morgan fingerprint density at radius 3 is 2.75 bits per heavy atom. The Labute approximate surface area is 104 Å². The molecule has 0 aliphatic carbocycles. The molecule has 1 rings (SSSR count). The van der Waals surface area contributed by atoms with Gasteiger partial charge in [0.15, 0.2) is 0 Å². The van der Waals surface area contributed by atoms with Gasteiger partial charge in [-0.3, -0.25) is 9.48 Å². The zero-order valence-electron chi connectivity index (χ0n) is 9.96. The highest BCUT2D eigenvalue weighted by Gasteiger charge is 2.31. The highest BCUT2D eigenvalue weighted by molar-refractivity contribution is 9.10. The van der Waals surface area contributed by atoms with E-state index in [-0.39, 0.29) is 5.78 Å². The molecular weight excluding hydrogens is 270 g/mol. The molecule has 90 valence electrons. The third-order valence-corrected chi connectivity index (χ3v) is 3.28. The molecule has 1 unspecified atom stereocenters. The van der Waals surface area contributed by atoms with E-state index in [0.29, 0.717) is 12.1 Å². The van der Waals surface area contributed by atoms with E-state index >= 15 is 0 Å². The van der Waals surface area contributed by atoms with Crippen molar-refractivity contribution in [3.8, 4) is 0 Å². The summed E-state index contributed by atoms with van der Waals surface area (Å²) in [7, 11) is 0. The Balaban J connectivity index is 3.12. The minimum atomic E-state index is -0.825. The summed E-state index contributed by atoms with van der Waals surface area (Å²) in [6.45, 7) is 6.44. The van der Waals surface area contributed by atoms with E-state index in [1.54, 1.807) is 17.8 Å². The van der Waals surface area contributed by atoms with Crippen LogP contribution in [-0.2, 0) is 6.54 Å². The Bertz CT molecular complexity index is 385. The molecule has 0 spiro atoms. The lowest BCUT2D eigenvalue weighted by molar-refractivity contribution is 0.0885. The average molecular weight is 288 g/mol. The van der Waals surface area contributed by atoms with Crippen LogP contribution in [0.2, 0.25) is 0 Å². The standard InChI is InChI=1S/C11H18BrN3O/c1-4-6-15-9(8(12)7-14-15)10(16)11(3,13)5-2/h7H,4-6,13H2,1-3H3. The number of carbonyl (C=O) groups is 1. The molecule has 0 amide bonds. The summed E-state index contributed by atoms with van der Waals surface area (Å²) in [6.07, 6.45) is 3.19. The third kappa shape index (κ3) is 2.52. The second-order valence-electron chi connectivity index (χ2n) is 4.16. The quantitative estimate of drug-likeness (QED) is 0.846. The molecule has 0 fully saturated rings. The lowest BCUT2D eigenvalue weighted by atomic mass is 9.92. The number of nitrogens with zero attached hydrogens (tertiary/aromatic N) is 2. The predicted molar refractivity (Wildman–Crippen MR) is 67.4 cm³/mol. The Morgan fingerprint density at radius 1 is 1.62 bits per heavy atom. The zero-order valence-corrected chi connectivity index (χ0v) is 11.5. The molecular formula is C11H18BrN3O. The number of aromatic nitrogens is 2. The van der Waals surface area contributed by atoms with E-state index in [4.69, 9.17) is 5.73 Å². The first kappa shape index (κ1) is 13.4. The van der Waals surface area contributed by atoms with Crippen LogP contribution in [0.1, 0.15) is 44.1 Å². The second kappa shape index (κ2) is 5.10. The van der Waals surface area contributed by atoms with Crippen molar-refractivity contribution in [3.63, 3.8) is 0 Å². The minimum absolute atomic E-state index is 0.0622. The van der Waals surface area contributed by atoms with Crippen LogP contribution in [0.4, 0.5) is 0 Å². The van der Waals surface area contributed by atoms with E-state index in [0.717, 1.165) is 17.4 Å². The molecule has 1 heterocycles. The van der Waals surface area contributed by atoms with Crippen LogP contribution in [0, 0.1) is 0 Å². The maximum atomic E-state index is 12.3. The topological polar surface area (TPSA) is 60.9 Å². The molecule has 5 heteroatoms. The fourth-order valence-electron chi connectivity index (χ4n) is 1.40. The highest BCUT2D eigenvalue weighted by Crippen LogP contribution is 2.22. The fraction of sp³-hybridized carbons (Fsp3) is 0.636. The van der Waals surface area contributed by atoms with Crippen LogP contribution < -0.4 is 5.73 Å². The zero-order chi connectivity index (χ0) is 12.3. The van der Waals surface area contributed by atoms with Gasteiger partial charge in [0.1, 0.15) is 5.69 Å². The number of Topliss-reactive ketones (excluding diaryl/α,β-unsaturated/α-hetero) is 1. The minimum Gasteiger partial charge on any atom is -0.319 e. The van der Waals surface area contributed by atoms with Crippen LogP contribution >= 0.6 is 15.9 Å². The molecule has 1 atom stereocenters.